The molecule has 0 aliphatic carbocycles. The zero-order valence-electron chi connectivity index (χ0n) is 51.6. The molecule has 0 bridgehead atoms. The van der Waals surface area contributed by atoms with Gasteiger partial charge >= 0.3 is 7.82 Å². The third-order valence-electron chi connectivity index (χ3n) is 14.3. The van der Waals surface area contributed by atoms with Crippen LogP contribution in [0.5, 0.6) is 0 Å². The molecule has 0 aromatic carbocycles. The van der Waals surface area contributed by atoms with Gasteiger partial charge < -0.3 is 19.8 Å². The van der Waals surface area contributed by atoms with Crippen molar-refractivity contribution in [1.82, 2.24) is 5.32 Å². The molecule has 1 amide bonds. The number of likely N-dealkylation sites (N-methyl/N-ethyl adjacent to an activating group) is 1. The van der Waals surface area contributed by atoms with E-state index in [1.807, 2.05) is 27.2 Å². The number of unbranched alkanes of at least 4 members (excludes halogenated alkanes) is 32. The molecule has 0 heterocycles. The lowest BCUT2D eigenvalue weighted by Gasteiger charge is -2.25. The summed E-state index contributed by atoms with van der Waals surface area (Å²) in [6.07, 6.45) is 85.3. The molecule has 452 valence electrons. The van der Waals surface area contributed by atoms with Crippen LogP contribution in [0.15, 0.2) is 97.2 Å². The van der Waals surface area contributed by atoms with Gasteiger partial charge in [0.05, 0.1) is 39.9 Å². The van der Waals surface area contributed by atoms with Crippen LogP contribution in [-0.4, -0.2) is 73.4 Å². The number of hydrogen-bond acceptors (Lipinski definition) is 5. The summed E-state index contributed by atoms with van der Waals surface area (Å²) in [6.45, 7) is 4.72. The van der Waals surface area contributed by atoms with Crippen LogP contribution in [0.25, 0.3) is 0 Å². The van der Waals surface area contributed by atoms with Gasteiger partial charge in [-0.3, -0.25) is 13.8 Å². The maximum Gasteiger partial charge on any atom is 0.472 e. The second-order valence-corrected chi connectivity index (χ2v) is 24.6. The van der Waals surface area contributed by atoms with Crippen LogP contribution in [0, 0.1) is 0 Å². The number of nitrogens with zero attached hydrogens (tertiary/aromatic N) is 1. The van der Waals surface area contributed by atoms with E-state index in [4.69, 9.17) is 9.05 Å². The molecular weight excluding hydrogens is 984 g/mol. The first kappa shape index (κ1) is 75.4. The molecule has 0 aromatic rings. The Labute approximate surface area is 483 Å². The number of rotatable bonds is 59. The van der Waals surface area contributed by atoms with E-state index in [0.29, 0.717) is 17.4 Å². The number of aliphatic hydroxyl groups is 1. The molecule has 0 saturated heterocycles. The topological polar surface area (TPSA) is 105 Å². The fourth-order valence-corrected chi connectivity index (χ4v) is 10.00. The Hall–Kier alpha value is -2.58. The number of phosphoric ester groups is 1. The van der Waals surface area contributed by atoms with Crippen LogP contribution in [0.2, 0.25) is 0 Å². The van der Waals surface area contributed by atoms with Gasteiger partial charge in [-0.25, -0.2) is 4.57 Å². The van der Waals surface area contributed by atoms with Crippen molar-refractivity contribution in [1.29, 1.82) is 0 Å². The molecule has 0 saturated carbocycles. The SMILES string of the molecule is CC/C=C\C/C=C\C/C=C\C/C=C\C/C=C\C/C=C\C/C=C\CCCCCCCCCCCCCCCCCC(=O)NC(COP(=O)(O)OCC[N+](C)(C)C)C(O)/C=C/CCCCCCCCCCCCCCCCCCC. The molecule has 0 spiro atoms. The Kier molecular flexibility index (Phi) is 57.1. The van der Waals surface area contributed by atoms with Crippen LogP contribution in [0.3, 0.4) is 0 Å². The standard InChI is InChI=1S/C69H125N2O6P/c1-6-8-10-12-14-16-18-20-22-24-26-27-28-29-30-31-32-33-34-35-36-37-38-39-40-41-42-43-45-47-49-51-53-55-57-59-61-63-69(73)70-67(66-77-78(74,75)76-65-64-71(3,4)5)68(72)62-60-58-56-54-52-50-48-46-44-25-23-21-19-17-15-13-11-9-7-2/h8,10,14,16,20,22,26-27,29-30,32-33,35-36,60,62,67-68,72H,6-7,9,11-13,15,17-19,21,23-25,28,31,34,37-59,61,63-66H2,1-5H3,(H-,70,73,74,75)/p+1/b10-8-,16-14-,22-20-,27-26-,30-29-,33-32-,36-35-,62-60+. The number of allylic oxidation sites excluding steroid dienone is 15. The highest BCUT2D eigenvalue weighted by Gasteiger charge is 2.27. The monoisotopic (exact) mass is 1110 g/mol. The summed E-state index contributed by atoms with van der Waals surface area (Å²) in [4.78, 5) is 23.4. The zero-order valence-corrected chi connectivity index (χ0v) is 52.5. The van der Waals surface area contributed by atoms with Crippen LogP contribution in [0.4, 0.5) is 0 Å². The lowest BCUT2D eigenvalue weighted by Crippen LogP contribution is -2.45. The molecule has 0 fully saturated rings. The Bertz CT molecular complexity index is 1590. The third-order valence-corrected chi connectivity index (χ3v) is 15.3. The first-order valence-electron chi connectivity index (χ1n) is 32.6. The number of nitrogens with one attached hydrogen (secondary N) is 1. The maximum atomic E-state index is 13.0. The first-order valence-corrected chi connectivity index (χ1v) is 34.1. The number of carbonyl (C=O) groups is 1. The number of quaternary nitrogens is 1. The third kappa shape index (κ3) is 61.0. The summed E-state index contributed by atoms with van der Waals surface area (Å²) in [5.41, 5.74) is 0. The number of aliphatic hydroxyl groups excluding tert-OH is 1. The fraction of sp³-hybridized carbons (Fsp3) is 0.754. The van der Waals surface area contributed by atoms with E-state index in [0.717, 1.165) is 83.5 Å². The van der Waals surface area contributed by atoms with Gasteiger partial charge in [-0.1, -0.05) is 297 Å². The highest BCUT2D eigenvalue weighted by Crippen LogP contribution is 2.43. The molecule has 0 aliphatic heterocycles. The second-order valence-electron chi connectivity index (χ2n) is 23.1. The highest BCUT2D eigenvalue weighted by atomic mass is 31.2. The largest absolute Gasteiger partial charge is 0.472 e. The van der Waals surface area contributed by atoms with Gasteiger partial charge in [0.1, 0.15) is 13.2 Å². The molecule has 3 N–H and O–H groups in total. The Morgan fingerprint density at radius 3 is 1.13 bits per heavy atom. The summed E-state index contributed by atoms with van der Waals surface area (Å²) in [6, 6.07) is -0.851. The van der Waals surface area contributed by atoms with Crippen molar-refractivity contribution in [2.75, 3.05) is 40.9 Å². The molecule has 0 aliphatic rings. The van der Waals surface area contributed by atoms with Crippen LogP contribution < -0.4 is 5.32 Å². The molecular formula is C69H126N2O6P+. The Balaban J connectivity index is 4.07. The molecule has 3 atom stereocenters. The van der Waals surface area contributed by atoms with E-state index < -0.39 is 20.0 Å². The number of phosphoric acid groups is 1. The summed E-state index contributed by atoms with van der Waals surface area (Å²) in [5, 5.41) is 14.0. The van der Waals surface area contributed by atoms with E-state index in [9.17, 15) is 19.4 Å². The molecule has 8 nitrogen and oxygen atoms in total. The first-order chi connectivity index (χ1) is 38.0. The quantitative estimate of drug-likeness (QED) is 0.0243. The lowest BCUT2D eigenvalue weighted by atomic mass is 10.0. The van der Waals surface area contributed by atoms with Crippen LogP contribution >= 0.6 is 7.82 Å². The van der Waals surface area contributed by atoms with E-state index in [1.165, 1.54) is 180 Å². The van der Waals surface area contributed by atoms with E-state index in [1.54, 1.807) is 6.08 Å². The minimum atomic E-state index is -4.35. The second kappa shape index (κ2) is 59.1. The van der Waals surface area contributed by atoms with E-state index in [-0.39, 0.29) is 19.1 Å². The molecule has 78 heavy (non-hydrogen) atoms. The maximum absolute atomic E-state index is 13.0. The van der Waals surface area contributed by atoms with Crippen molar-refractivity contribution >= 4 is 13.7 Å². The normalized spacial score (nSPS) is 14.4. The molecule has 0 radical (unpaired) electrons. The zero-order chi connectivity index (χ0) is 57.0. The van der Waals surface area contributed by atoms with Crippen molar-refractivity contribution in [2.24, 2.45) is 0 Å². The Morgan fingerprint density at radius 2 is 0.769 bits per heavy atom. The number of hydrogen-bond donors (Lipinski definition) is 3. The van der Waals surface area contributed by atoms with E-state index >= 15 is 0 Å². The molecule has 0 rings (SSSR count). The van der Waals surface area contributed by atoms with Gasteiger partial charge in [-0.2, -0.15) is 0 Å². The van der Waals surface area contributed by atoms with Crippen molar-refractivity contribution in [3.63, 3.8) is 0 Å². The summed E-state index contributed by atoms with van der Waals surface area (Å²) in [7, 11) is 1.57. The molecule has 9 heteroatoms. The van der Waals surface area contributed by atoms with Gasteiger partial charge in [0.15, 0.2) is 0 Å². The van der Waals surface area contributed by atoms with Crippen molar-refractivity contribution < 1.29 is 32.9 Å². The summed E-state index contributed by atoms with van der Waals surface area (Å²) >= 11 is 0. The minimum absolute atomic E-state index is 0.0593. The molecule has 0 aromatic heterocycles. The van der Waals surface area contributed by atoms with Crippen molar-refractivity contribution in [2.45, 2.75) is 296 Å². The van der Waals surface area contributed by atoms with Crippen molar-refractivity contribution in [3.8, 4) is 0 Å². The predicted molar refractivity (Wildman–Crippen MR) is 341 cm³/mol. The van der Waals surface area contributed by atoms with Crippen molar-refractivity contribution in [3.05, 3.63) is 97.2 Å². The fourth-order valence-electron chi connectivity index (χ4n) is 9.26. The minimum Gasteiger partial charge on any atom is -0.387 e. The van der Waals surface area contributed by atoms with Gasteiger partial charge in [-0.05, 0) is 77.0 Å². The highest BCUT2D eigenvalue weighted by molar-refractivity contribution is 7.47. The van der Waals surface area contributed by atoms with Gasteiger partial charge in [0, 0.05) is 6.42 Å². The van der Waals surface area contributed by atoms with Gasteiger partial charge in [0.25, 0.3) is 0 Å². The average molecular weight is 1110 g/mol. The van der Waals surface area contributed by atoms with Gasteiger partial charge in [-0.15, -0.1) is 0 Å². The average Bonchev–Trinajstić information content (AvgIpc) is 3.41. The number of carbonyl (C=O) groups excluding carboxylic acids is 1. The van der Waals surface area contributed by atoms with Crippen LogP contribution in [-0.2, 0) is 18.4 Å². The predicted octanol–water partition coefficient (Wildman–Crippen LogP) is 20.5. The summed E-state index contributed by atoms with van der Waals surface area (Å²) < 4.78 is 23.8. The molecule has 3 unspecified atom stereocenters. The van der Waals surface area contributed by atoms with Crippen LogP contribution in [0.1, 0.15) is 284 Å². The summed E-state index contributed by atoms with van der Waals surface area (Å²) in [5.74, 6) is -0.177. The number of amides is 1. The van der Waals surface area contributed by atoms with Gasteiger partial charge in [0.2, 0.25) is 5.91 Å². The lowest BCUT2D eigenvalue weighted by molar-refractivity contribution is -0.870. The van der Waals surface area contributed by atoms with E-state index in [2.05, 4.69) is 104 Å². The smallest absolute Gasteiger partial charge is 0.387 e. The Morgan fingerprint density at radius 1 is 0.449 bits per heavy atom.